The number of benzene rings is 3. The van der Waals surface area contributed by atoms with E-state index in [0.29, 0.717) is 11.3 Å². The van der Waals surface area contributed by atoms with Crippen molar-refractivity contribution >= 4 is 28.4 Å². The lowest BCUT2D eigenvalue weighted by Crippen LogP contribution is -2.14. The number of amides is 2. The average Bonchev–Trinajstić information content (AvgIpc) is 2.74. The second-order valence-electron chi connectivity index (χ2n) is 7.68. The minimum Gasteiger partial charge on any atom is -0.369 e. The lowest BCUT2D eigenvalue weighted by molar-refractivity contribution is -0.117. The lowest BCUT2D eigenvalue weighted by Gasteiger charge is -2.12. The lowest BCUT2D eigenvalue weighted by atomic mass is 9.99. The summed E-state index contributed by atoms with van der Waals surface area (Å²) >= 11 is 0. The van der Waals surface area contributed by atoms with Crippen molar-refractivity contribution < 1.29 is 9.59 Å². The monoisotopic (exact) mass is 409 g/mol. The number of carbonyl (C=O) groups excluding carboxylic acids is 2. The van der Waals surface area contributed by atoms with Gasteiger partial charge in [0, 0.05) is 16.6 Å². The molecule has 0 saturated carbocycles. The van der Waals surface area contributed by atoms with Crippen molar-refractivity contribution in [3.63, 3.8) is 0 Å². The van der Waals surface area contributed by atoms with Crippen LogP contribution in [0.1, 0.15) is 27.0 Å². The van der Waals surface area contributed by atoms with E-state index in [-0.39, 0.29) is 18.2 Å². The van der Waals surface area contributed by atoms with E-state index in [2.05, 4.69) is 18.3 Å². The zero-order valence-corrected chi connectivity index (χ0v) is 17.5. The summed E-state index contributed by atoms with van der Waals surface area (Å²) in [4.78, 5) is 29.1. The van der Waals surface area contributed by atoms with E-state index in [0.717, 1.165) is 33.3 Å². The fourth-order valence-electron chi connectivity index (χ4n) is 3.71. The van der Waals surface area contributed by atoms with Crippen LogP contribution in [0.25, 0.3) is 22.2 Å². The second kappa shape index (κ2) is 8.40. The maximum absolute atomic E-state index is 13.2. The van der Waals surface area contributed by atoms with Crippen molar-refractivity contribution in [2.75, 3.05) is 5.32 Å². The Kier molecular flexibility index (Phi) is 5.50. The third-order valence-electron chi connectivity index (χ3n) is 5.21. The zero-order chi connectivity index (χ0) is 22.0. The molecule has 0 aliphatic heterocycles. The molecule has 0 saturated heterocycles. The molecule has 2 amide bonds. The zero-order valence-electron chi connectivity index (χ0n) is 17.5. The fraction of sp³-hybridized carbons (Fsp3) is 0.115. The number of hydrogen-bond acceptors (Lipinski definition) is 3. The van der Waals surface area contributed by atoms with Gasteiger partial charge >= 0.3 is 0 Å². The Labute approximate surface area is 180 Å². The molecule has 0 unspecified atom stereocenters. The Hall–Kier alpha value is -3.99. The van der Waals surface area contributed by atoms with Crippen LogP contribution >= 0.6 is 0 Å². The highest BCUT2D eigenvalue weighted by Gasteiger charge is 2.15. The third-order valence-corrected chi connectivity index (χ3v) is 5.21. The number of nitrogens with one attached hydrogen (secondary N) is 1. The summed E-state index contributed by atoms with van der Waals surface area (Å²) in [6.45, 7) is 4.10. The van der Waals surface area contributed by atoms with Gasteiger partial charge in [0.15, 0.2) is 0 Å². The molecule has 154 valence electrons. The molecule has 0 radical (unpaired) electrons. The first-order valence-corrected chi connectivity index (χ1v) is 10.1. The Morgan fingerprint density at radius 3 is 2.39 bits per heavy atom. The SMILES string of the molecule is Cc1ccc(-c2cc(C(=O)Nc3ccc(CC(N)=O)cc3)c3ccccc3n2)c(C)c1. The van der Waals surface area contributed by atoms with Gasteiger partial charge in [0.1, 0.15) is 0 Å². The predicted octanol–water partition coefficient (Wildman–Crippen LogP) is 4.80. The number of carbonyl (C=O) groups is 2. The van der Waals surface area contributed by atoms with Crippen LogP contribution < -0.4 is 11.1 Å². The number of primary amides is 1. The minimum absolute atomic E-state index is 0.169. The standard InChI is InChI=1S/C26H23N3O2/c1-16-7-12-20(17(2)13-16)24-15-22(21-5-3-4-6-23(21)29-24)26(31)28-19-10-8-18(9-11-19)14-25(27)30/h3-13,15H,14H2,1-2H3,(H2,27,30)(H,28,31). The molecule has 4 aromatic rings. The maximum Gasteiger partial charge on any atom is 0.256 e. The Balaban J connectivity index is 1.72. The van der Waals surface area contributed by atoms with Crippen molar-refractivity contribution in [1.29, 1.82) is 0 Å². The van der Waals surface area contributed by atoms with Crippen LogP contribution in [0.3, 0.4) is 0 Å². The highest BCUT2D eigenvalue weighted by atomic mass is 16.2. The summed E-state index contributed by atoms with van der Waals surface area (Å²) in [5.74, 6) is -0.605. The number of fused-ring (bicyclic) bond motifs is 1. The quantitative estimate of drug-likeness (QED) is 0.497. The van der Waals surface area contributed by atoms with Gasteiger partial charge in [0.25, 0.3) is 5.91 Å². The van der Waals surface area contributed by atoms with Gasteiger partial charge in [-0.25, -0.2) is 4.98 Å². The van der Waals surface area contributed by atoms with E-state index < -0.39 is 0 Å². The molecule has 0 spiro atoms. The Bertz CT molecular complexity index is 1290. The number of pyridine rings is 1. The number of hydrogen-bond donors (Lipinski definition) is 2. The molecule has 31 heavy (non-hydrogen) atoms. The van der Waals surface area contributed by atoms with Gasteiger partial charge in [-0.05, 0) is 49.2 Å². The van der Waals surface area contributed by atoms with Crippen molar-refractivity contribution in [2.45, 2.75) is 20.3 Å². The molecule has 0 bridgehead atoms. The molecular formula is C26H23N3O2. The van der Waals surface area contributed by atoms with Gasteiger partial charge in [0.2, 0.25) is 5.91 Å². The largest absolute Gasteiger partial charge is 0.369 e. The van der Waals surface area contributed by atoms with E-state index >= 15 is 0 Å². The molecule has 0 aliphatic carbocycles. The van der Waals surface area contributed by atoms with Crippen molar-refractivity contribution in [1.82, 2.24) is 4.98 Å². The van der Waals surface area contributed by atoms with E-state index in [1.807, 2.05) is 49.4 Å². The molecule has 5 heteroatoms. The summed E-state index contributed by atoms with van der Waals surface area (Å²) < 4.78 is 0. The number of anilines is 1. The van der Waals surface area contributed by atoms with Gasteiger partial charge in [-0.15, -0.1) is 0 Å². The molecule has 0 atom stereocenters. The molecule has 5 nitrogen and oxygen atoms in total. The summed E-state index contributed by atoms with van der Waals surface area (Å²) in [5, 5.41) is 3.74. The van der Waals surface area contributed by atoms with Crippen LogP contribution in [-0.4, -0.2) is 16.8 Å². The minimum atomic E-state index is -0.390. The van der Waals surface area contributed by atoms with Crippen LogP contribution in [0.4, 0.5) is 5.69 Å². The normalized spacial score (nSPS) is 10.8. The Morgan fingerprint density at radius 1 is 0.935 bits per heavy atom. The maximum atomic E-state index is 13.2. The first-order chi connectivity index (χ1) is 14.9. The van der Waals surface area contributed by atoms with Crippen LogP contribution in [0, 0.1) is 13.8 Å². The van der Waals surface area contributed by atoms with Gasteiger partial charge in [-0.1, -0.05) is 54.1 Å². The van der Waals surface area contributed by atoms with E-state index in [1.54, 1.807) is 24.3 Å². The van der Waals surface area contributed by atoms with Crippen molar-refractivity contribution in [3.8, 4) is 11.3 Å². The molecule has 0 fully saturated rings. The first kappa shape index (κ1) is 20.3. The number of aromatic nitrogens is 1. The van der Waals surface area contributed by atoms with Crippen LogP contribution in [0.15, 0.2) is 72.8 Å². The molecular weight excluding hydrogens is 386 g/mol. The predicted molar refractivity (Wildman–Crippen MR) is 124 cm³/mol. The first-order valence-electron chi connectivity index (χ1n) is 10.1. The van der Waals surface area contributed by atoms with Gasteiger partial charge in [0.05, 0.1) is 23.2 Å². The summed E-state index contributed by atoms with van der Waals surface area (Å²) in [7, 11) is 0. The Morgan fingerprint density at radius 2 is 1.68 bits per heavy atom. The molecule has 3 N–H and O–H groups in total. The number of aryl methyl sites for hydroxylation is 2. The highest BCUT2D eigenvalue weighted by molar-refractivity contribution is 6.13. The molecule has 1 aromatic heterocycles. The second-order valence-corrected chi connectivity index (χ2v) is 7.68. The summed E-state index contributed by atoms with van der Waals surface area (Å²) in [5.41, 5.74) is 12.1. The summed E-state index contributed by atoms with van der Waals surface area (Å²) in [6, 6.07) is 22.8. The van der Waals surface area contributed by atoms with Crippen LogP contribution in [0.2, 0.25) is 0 Å². The fourth-order valence-corrected chi connectivity index (χ4v) is 3.71. The smallest absolute Gasteiger partial charge is 0.256 e. The van der Waals surface area contributed by atoms with E-state index in [1.165, 1.54) is 5.56 Å². The number of nitrogens with zero attached hydrogens (tertiary/aromatic N) is 1. The van der Waals surface area contributed by atoms with Crippen molar-refractivity contribution in [3.05, 3.63) is 95.1 Å². The number of nitrogens with two attached hydrogens (primary N) is 1. The van der Waals surface area contributed by atoms with Crippen molar-refractivity contribution in [2.24, 2.45) is 5.73 Å². The van der Waals surface area contributed by atoms with Gasteiger partial charge in [-0.2, -0.15) is 0 Å². The average molecular weight is 409 g/mol. The number of para-hydroxylation sites is 1. The molecule has 1 heterocycles. The molecule has 0 aliphatic rings. The number of rotatable bonds is 5. The van der Waals surface area contributed by atoms with E-state index in [9.17, 15) is 9.59 Å². The van der Waals surface area contributed by atoms with Crippen LogP contribution in [0.5, 0.6) is 0 Å². The molecule has 3 aromatic carbocycles. The molecule has 4 rings (SSSR count). The van der Waals surface area contributed by atoms with Gasteiger partial charge < -0.3 is 11.1 Å². The van der Waals surface area contributed by atoms with Gasteiger partial charge in [-0.3, -0.25) is 9.59 Å². The van der Waals surface area contributed by atoms with Crippen LogP contribution in [-0.2, 0) is 11.2 Å². The topological polar surface area (TPSA) is 85.1 Å². The van der Waals surface area contributed by atoms with E-state index in [4.69, 9.17) is 10.7 Å². The summed E-state index contributed by atoms with van der Waals surface area (Å²) in [6.07, 6.45) is 0.169. The highest BCUT2D eigenvalue weighted by Crippen LogP contribution is 2.28. The third kappa shape index (κ3) is 4.46.